The van der Waals surface area contributed by atoms with Crippen molar-refractivity contribution >= 4 is 44.0 Å². The largest absolute Gasteiger partial charge is 0.573 e. The maximum Gasteiger partial charge on any atom is 0.573 e. The molecule has 0 radical (unpaired) electrons. The number of benzene rings is 3. The molecule has 0 fully saturated rings. The van der Waals surface area contributed by atoms with Crippen LogP contribution in [0.3, 0.4) is 0 Å². The lowest BCUT2D eigenvalue weighted by molar-refractivity contribution is -0.274. The minimum Gasteiger partial charge on any atom is -0.404 e. The lowest BCUT2D eigenvalue weighted by atomic mass is 10.1. The molecular weight excluding hydrogens is 543 g/mol. The Morgan fingerprint density at radius 3 is 2.42 bits per heavy atom. The highest BCUT2D eigenvalue weighted by Gasteiger charge is 2.32. The summed E-state index contributed by atoms with van der Waals surface area (Å²) in [5.41, 5.74) is 7.17. The van der Waals surface area contributed by atoms with E-state index >= 15 is 0 Å². The van der Waals surface area contributed by atoms with Gasteiger partial charge in [0.25, 0.3) is 0 Å². The van der Waals surface area contributed by atoms with Gasteiger partial charge in [-0.3, -0.25) is 0 Å². The molecule has 38 heavy (non-hydrogen) atoms. The van der Waals surface area contributed by atoms with Crippen molar-refractivity contribution in [1.82, 2.24) is 14.3 Å². The highest BCUT2D eigenvalue weighted by molar-refractivity contribution is 7.89. The summed E-state index contributed by atoms with van der Waals surface area (Å²) in [5, 5.41) is 3.62. The molecule has 0 unspecified atom stereocenters. The number of aryl methyl sites for hydroxylation is 1. The number of para-hydroxylation sites is 1. The van der Waals surface area contributed by atoms with Gasteiger partial charge < -0.3 is 15.8 Å². The molecule has 3 N–H and O–H groups in total. The van der Waals surface area contributed by atoms with Crippen molar-refractivity contribution < 1.29 is 26.3 Å². The lowest BCUT2D eigenvalue weighted by Gasteiger charge is -2.26. The molecule has 200 valence electrons. The van der Waals surface area contributed by atoms with E-state index in [4.69, 9.17) is 17.3 Å². The van der Waals surface area contributed by atoms with Gasteiger partial charge >= 0.3 is 6.36 Å². The van der Waals surface area contributed by atoms with Gasteiger partial charge in [-0.15, -0.1) is 13.2 Å². The number of halogens is 4. The van der Waals surface area contributed by atoms with Gasteiger partial charge in [-0.05, 0) is 61.0 Å². The number of sulfonamides is 1. The van der Waals surface area contributed by atoms with Gasteiger partial charge in [-0.25, -0.2) is 18.4 Å². The van der Waals surface area contributed by atoms with Crippen molar-refractivity contribution in [3.8, 4) is 5.75 Å². The summed E-state index contributed by atoms with van der Waals surface area (Å²) in [7, 11) is -2.55. The van der Waals surface area contributed by atoms with Gasteiger partial charge in [0.2, 0.25) is 10.0 Å². The second-order valence-corrected chi connectivity index (χ2v) is 10.9. The molecule has 0 aliphatic carbocycles. The third kappa shape index (κ3) is 6.26. The zero-order chi connectivity index (χ0) is 27.7. The summed E-state index contributed by atoms with van der Waals surface area (Å²) >= 11 is 6.12. The number of fused-ring (bicyclic) bond motifs is 1. The fourth-order valence-corrected chi connectivity index (χ4v) is 5.23. The van der Waals surface area contributed by atoms with E-state index in [9.17, 15) is 21.6 Å². The van der Waals surface area contributed by atoms with Crippen molar-refractivity contribution in [3.05, 3.63) is 83.1 Å². The molecule has 8 nitrogen and oxygen atoms in total. The van der Waals surface area contributed by atoms with Crippen LogP contribution in [0, 0.1) is 6.92 Å². The van der Waals surface area contributed by atoms with E-state index in [0.717, 1.165) is 10.4 Å². The highest BCUT2D eigenvalue weighted by atomic mass is 35.5. The second kappa shape index (κ2) is 10.6. The van der Waals surface area contributed by atoms with Crippen LogP contribution >= 0.6 is 11.6 Å². The van der Waals surface area contributed by atoms with E-state index in [1.807, 2.05) is 12.1 Å². The summed E-state index contributed by atoms with van der Waals surface area (Å²) in [6.45, 7) is 1.59. The van der Waals surface area contributed by atoms with Crippen LogP contribution in [-0.2, 0) is 10.0 Å². The number of nitrogens with one attached hydrogen (secondary N) is 1. The van der Waals surface area contributed by atoms with Crippen molar-refractivity contribution in [2.75, 3.05) is 24.6 Å². The molecule has 0 aliphatic heterocycles. The number of aromatic nitrogens is 2. The van der Waals surface area contributed by atoms with Gasteiger partial charge in [0.05, 0.1) is 21.5 Å². The Bertz CT molecular complexity index is 1570. The third-order valence-corrected chi connectivity index (χ3v) is 7.77. The molecule has 1 atom stereocenters. The summed E-state index contributed by atoms with van der Waals surface area (Å²) in [5.74, 6) is 0.315. The van der Waals surface area contributed by atoms with E-state index in [1.165, 1.54) is 43.4 Å². The Morgan fingerprint density at radius 2 is 1.76 bits per heavy atom. The molecule has 0 bridgehead atoms. The van der Waals surface area contributed by atoms with Gasteiger partial charge in [0, 0.05) is 24.7 Å². The first-order chi connectivity index (χ1) is 17.8. The molecule has 0 spiro atoms. The van der Waals surface area contributed by atoms with Crippen molar-refractivity contribution in [2.24, 2.45) is 0 Å². The number of rotatable bonds is 8. The fraction of sp³-hybridized carbons (Fsp3) is 0.200. The monoisotopic (exact) mass is 565 g/mol. The van der Waals surface area contributed by atoms with Crippen molar-refractivity contribution in [1.29, 1.82) is 0 Å². The first kappa shape index (κ1) is 27.4. The molecule has 1 aromatic heterocycles. The van der Waals surface area contributed by atoms with Gasteiger partial charge in [0.15, 0.2) is 0 Å². The van der Waals surface area contributed by atoms with E-state index in [2.05, 4.69) is 20.0 Å². The Morgan fingerprint density at radius 1 is 1.08 bits per heavy atom. The molecule has 4 rings (SSSR count). The van der Waals surface area contributed by atoms with E-state index in [-0.39, 0.29) is 16.5 Å². The number of nitrogens with zero attached hydrogens (tertiary/aromatic N) is 3. The summed E-state index contributed by atoms with van der Waals surface area (Å²) in [6.07, 6.45) is -4.92. The molecule has 1 heterocycles. The SMILES string of the molecule is Cc1nc(N[C@H](CN(C)S(=O)(=O)c2ccc(N)cc2)c2ccc(OC(F)(F)F)c(Cl)c2)c2ccccc2n1. The van der Waals surface area contributed by atoms with Gasteiger partial charge in [0.1, 0.15) is 17.4 Å². The van der Waals surface area contributed by atoms with Crippen LogP contribution < -0.4 is 15.8 Å². The van der Waals surface area contributed by atoms with Crippen LogP contribution in [0.2, 0.25) is 5.02 Å². The Kier molecular flexibility index (Phi) is 7.68. The number of hydrogen-bond donors (Lipinski definition) is 2. The maximum atomic E-state index is 13.3. The van der Waals surface area contributed by atoms with E-state index in [0.29, 0.717) is 33.8 Å². The second-order valence-electron chi connectivity index (χ2n) is 8.43. The van der Waals surface area contributed by atoms with Crippen molar-refractivity contribution in [3.63, 3.8) is 0 Å². The summed E-state index contributed by atoms with van der Waals surface area (Å²) in [6, 6.07) is 16.0. The minimum absolute atomic E-state index is 0.0308. The third-order valence-electron chi connectivity index (χ3n) is 5.64. The Hall–Kier alpha value is -3.61. The zero-order valence-corrected chi connectivity index (χ0v) is 21.8. The number of hydrogen-bond acceptors (Lipinski definition) is 7. The van der Waals surface area contributed by atoms with Crippen LogP contribution in [0.15, 0.2) is 71.6 Å². The molecule has 13 heteroatoms. The maximum absolute atomic E-state index is 13.3. The molecule has 0 saturated heterocycles. The summed E-state index contributed by atoms with van der Waals surface area (Å²) in [4.78, 5) is 8.92. The predicted molar refractivity (Wildman–Crippen MR) is 139 cm³/mol. The number of nitrogen functional groups attached to an aromatic ring is 1. The number of likely N-dealkylation sites (N-methyl/N-ethyl adjacent to an activating group) is 1. The van der Waals surface area contributed by atoms with E-state index in [1.54, 1.807) is 19.1 Å². The lowest BCUT2D eigenvalue weighted by Crippen LogP contribution is -2.34. The normalized spacial score (nSPS) is 13.0. The Balaban J connectivity index is 1.74. The van der Waals surface area contributed by atoms with Crippen LogP contribution in [-0.4, -0.2) is 42.6 Å². The minimum atomic E-state index is -4.92. The Labute approximate surface area is 222 Å². The average molecular weight is 566 g/mol. The quantitative estimate of drug-likeness (QED) is 0.270. The first-order valence-corrected chi connectivity index (χ1v) is 13.0. The first-order valence-electron chi connectivity index (χ1n) is 11.2. The topological polar surface area (TPSA) is 110 Å². The average Bonchev–Trinajstić information content (AvgIpc) is 2.84. The summed E-state index contributed by atoms with van der Waals surface area (Å²) < 4.78 is 69.9. The van der Waals surface area contributed by atoms with Crippen LogP contribution in [0.25, 0.3) is 10.9 Å². The zero-order valence-electron chi connectivity index (χ0n) is 20.2. The highest BCUT2D eigenvalue weighted by Crippen LogP contribution is 2.34. The molecule has 3 aromatic carbocycles. The van der Waals surface area contributed by atoms with Gasteiger partial charge in [-0.2, -0.15) is 4.31 Å². The smallest absolute Gasteiger partial charge is 0.404 e. The molecule has 0 amide bonds. The molecular formula is C25H23ClF3N5O3S. The standard InChI is InChI=1S/C25H23ClF3N5O3S/c1-15-31-21-6-4-3-5-19(21)24(32-15)33-22(16-7-12-23(20(26)13-16)37-25(27,28)29)14-34(2)38(35,36)18-10-8-17(30)9-11-18/h3-13,22H,14,30H2,1-2H3,(H,31,32,33)/t22-/m1/s1. The molecule has 0 aliphatic rings. The number of anilines is 2. The molecule has 4 aromatic rings. The van der Waals surface area contributed by atoms with Crippen LogP contribution in [0.5, 0.6) is 5.75 Å². The molecule has 0 saturated carbocycles. The van der Waals surface area contributed by atoms with E-state index < -0.39 is 28.2 Å². The number of ether oxygens (including phenoxy) is 1. The predicted octanol–water partition coefficient (Wildman–Crippen LogP) is 5.55. The van der Waals surface area contributed by atoms with Gasteiger partial charge in [-0.1, -0.05) is 29.8 Å². The van der Waals surface area contributed by atoms with Crippen LogP contribution in [0.4, 0.5) is 24.7 Å². The van der Waals surface area contributed by atoms with Crippen molar-refractivity contribution in [2.45, 2.75) is 24.2 Å². The fourth-order valence-electron chi connectivity index (χ4n) is 3.82. The van der Waals surface area contributed by atoms with Crippen LogP contribution in [0.1, 0.15) is 17.4 Å². The number of alkyl halides is 3. The number of nitrogens with two attached hydrogens (primary N) is 1.